The summed E-state index contributed by atoms with van der Waals surface area (Å²) in [4.78, 5) is 18.0. The Hall–Kier alpha value is -1.62. The van der Waals surface area contributed by atoms with Crippen LogP contribution < -0.4 is 10.5 Å². The Labute approximate surface area is 101 Å². The standard InChI is InChI=1S/C12H17N3O2/c1-17-11-7-14-5-4-10(11)12(16)15-6-2-3-9(13)8-15/h4-5,7,9H,2-3,6,8,13H2,1H3/t9-/m1/s1. The first kappa shape index (κ1) is 11.9. The minimum atomic E-state index is -0.0283. The Morgan fingerprint density at radius 2 is 2.47 bits per heavy atom. The van der Waals surface area contributed by atoms with Gasteiger partial charge in [0.2, 0.25) is 0 Å². The SMILES string of the molecule is COc1cnccc1C(=O)N1CCC[C@@H](N)C1. The number of nitrogens with two attached hydrogens (primary N) is 1. The van der Waals surface area contributed by atoms with Gasteiger partial charge >= 0.3 is 0 Å². The summed E-state index contributed by atoms with van der Waals surface area (Å²) in [5.74, 6) is 0.482. The van der Waals surface area contributed by atoms with Crippen LogP contribution in [-0.2, 0) is 0 Å². The smallest absolute Gasteiger partial charge is 0.257 e. The summed E-state index contributed by atoms with van der Waals surface area (Å²) in [6, 6.07) is 1.77. The normalized spacial score (nSPS) is 20.1. The lowest BCUT2D eigenvalue weighted by Crippen LogP contribution is -2.45. The van der Waals surface area contributed by atoms with Crippen LogP contribution in [0.2, 0.25) is 0 Å². The zero-order valence-electron chi connectivity index (χ0n) is 9.93. The van der Waals surface area contributed by atoms with E-state index < -0.39 is 0 Å². The van der Waals surface area contributed by atoms with Crippen LogP contribution in [-0.4, -0.2) is 42.0 Å². The average molecular weight is 235 g/mol. The highest BCUT2D eigenvalue weighted by Gasteiger charge is 2.24. The minimum Gasteiger partial charge on any atom is -0.494 e. The van der Waals surface area contributed by atoms with E-state index in [0.29, 0.717) is 17.9 Å². The van der Waals surface area contributed by atoms with Gasteiger partial charge < -0.3 is 15.4 Å². The van der Waals surface area contributed by atoms with Crippen LogP contribution in [0.4, 0.5) is 0 Å². The molecule has 0 bridgehead atoms. The number of likely N-dealkylation sites (tertiary alicyclic amines) is 1. The van der Waals surface area contributed by atoms with Gasteiger partial charge in [-0.05, 0) is 18.9 Å². The third-order valence-corrected chi connectivity index (χ3v) is 2.98. The highest BCUT2D eigenvalue weighted by Crippen LogP contribution is 2.20. The molecule has 2 heterocycles. The van der Waals surface area contributed by atoms with Crippen molar-refractivity contribution in [3.63, 3.8) is 0 Å². The van der Waals surface area contributed by atoms with Crippen molar-refractivity contribution in [2.75, 3.05) is 20.2 Å². The first-order valence-corrected chi connectivity index (χ1v) is 5.75. The summed E-state index contributed by atoms with van der Waals surface area (Å²) in [7, 11) is 1.54. The fourth-order valence-electron chi connectivity index (χ4n) is 2.08. The molecule has 2 N–H and O–H groups in total. The number of ether oxygens (including phenoxy) is 1. The predicted octanol–water partition coefficient (Wildman–Crippen LogP) is 0.654. The van der Waals surface area contributed by atoms with Crippen LogP contribution in [0.15, 0.2) is 18.5 Å². The largest absolute Gasteiger partial charge is 0.494 e. The van der Waals surface area contributed by atoms with Gasteiger partial charge in [-0.2, -0.15) is 0 Å². The molecule has 92 valence electrons. The number of carbonyl (C=O) groups is 1. The first-order chi connectivity index (χ1) is 8.22. The molecule has 17 heavy (non-hydrogen) atoms. The summed E-state index contributed by atoms with van der Waals surface area (Å²) < 4.78 is 5.14. The molecule has 0 aliphatic carbocycles. The maximum Gasteiger partial charge on any atom is 0.257 e. The summed E-state index contributed by atoms with van der Waals surface area (Å²) >= 11 is 0. The molecule has 1 amide bonds. The highest BCUT2D eigenvalue weighted by molar-refractivity contribution is 5.96. The molecule has 2 rings (SSSR count). The number of pyridine rings is 1. The predicted molar refractivity (Wildman–Crippen MR) is 63.9 cm³/mol. The monoisotopic (exact) mass is 235 g/mol. The molecular weight excluding hydrogens is 218 g/mol. The molecule has 0 radical (unpaired) electrons. The van der Waals surface area contributed by atoms with Gasteiger partial charge in [-0.1, -0.05) is 0 Å². The number of carbonyl (C=O) groups excluding carboxylic acids is 1. The molecule has 1 aromatic rings. The number of hydrogen-bond acceptors (Lipinski definition) is 4. The van der Waals surface area contributed by atoms with Gasteiger partial charge in [0.05, 0.1) is 18.9 Å². The van der Waals surface area contributed by atoms with E-state index in [-0.39, 0.29) is 11.9 Å². The topological polar surface area (TPSA) is 68.5 Å². The lowest BCUT2D eigenvalue weighted by molar-refractivity contribution is 0.0705. The van der Waals surface area contributed by atoms with Crippen molar-refractivity contribution in [1.29, 1.82) is 0 Å². The number of aromatic nitrogens is 1. The number of piperidine rings is 1. The maximum atomic E-state index is 12.3. The van der Waals surface area contributed by atoms with Crippen LogP contribution in [0.1, 0.15) is 23.2 Å². The third kappa shape index (κ3) is 2.55. The molecule has 0 saturated carbocycles. The van der Waals surface area contributed by atoms with Crippen molar-refractivity contribution in [3.8, 4) is 5.75 Å². The lowest BCUT2D eigenvalue weighted by atomic mass is 10.1. The number of methoxy groups -OCH3 is 1. The quantitative estimate of drug-likeness (QED) is 0.817. The molecule has 1 aliphatic rings. The van der Waals surface area contributed by atoms with E-state index in [0.717, 1.165) is 19.4 Å². The van der Waals surface area contributed by atoms with E-state index in [9.17, 15) is 4.79 Å². The van der Waals surface area contributed by atoms with Crippen molar-refractivity contribution in [2.24, 2.45) is 5.73 Å². The van der Waals surface area contributed by atoms with E-state index in [4.69, 9.17) is 10.5 Å². The average Bonchev–Trinajstić information content (AvgIpc) is 2.38. The number of amides is 1. The molecule has 1 aromatic heterocycles. The van der Waals surface area contributed by atoms with E-state index in [1.54, 1.807) is 23.4 Å². The van der Waals surface area contributed by atoms with Crippen molar-refractivity contribution in [2.45, 2.75) is 18.9 Å². The molecule has 0 unspecified atom stereocenters. The van der Waals surface area contributed by atoms with Gasteiger partial charge in [-0.25, -0.2) is 0 Å². The first-order valence-electron chi connectivity index (χ1n) is 5.75. The second kappa shape index (κ2) is 5.14. The molecule has 0 aromatic carbocycles. The van der Waals surface area contributed by atoms with Crippen molar-refractivity contribution in [1.82, 2.24) is 9.88 Å². The van der Waals surface area contributed by atoms with Gasteiger partial charge in [0, 0.05) is 25.3 Å². The molecule has 5 heteroatoms. The Bertz CT molecular complexity index is 408. The fraction of sp³-hybridized carbons (Fsp3) is 0.500. The number of rotatable bonds is 2. The van der Waals surface area contributed by atoms with E-state index >= 15 is 0 Å². The lowest BCUT2D eigenvalue weighted by Gasteiger charge is -2.31. The maximum absolute atomic E-state index is 12.3. The molecule has 0 spiro atoms. The second-order valence-corrected chi connectivity index (χ2v) is 4.23. The van der Waals surface area contributed by atoms with Gasteiger partial charge in [-0.15, -0.1) is 0 Å². The van der Waals surface area contributed by atoms with Gasteiger partial charge in [0.15, 0.2) is 0 Å². The Kier molecular flexibility index (Phi) is 3.58. The summed E-state index contributed by atoms with van der Waals surface area (Å²) in [6.07, 6.45) is 5.09. The van der Waals surface area contributed by atoms with Crippen LogP contribution in [0.25, 0.3) is 0 Å². The third-order valence-electron chi connectivity index (χ3n) is 2.98. The molecule has 1 aliphatic heterocycles. The van der Waals surface area contributed by atoms with E-state index in [1.807, 2.05) is 0 Å². The van der Waals surface area contributed by atoms with Crippen LogP contribution in [0.3, 0.4) is 0 Å². The molecular formula is C12H17N3O2. The number of hydrogen-bond donors (Lipinski definition) is 1. The fourth-order valence-corrected chi connectivity index (χ4v) is 2.08. The van der Waals surface area contributed by atoms with Crippen LogP contribution in [0.5, 0.6) is 5.75 Å². The molecule has 1 fully saturated rings. The van der Waals surface area contributed by atoms with Crippen molar-refractivity contribution >= 4 is 5.91 Å². The number of nitrogens with zero attached hydrogens (tertiary/aromatic N) is 2. The van der Waals surface area contributed by atoms with Crippen molar-refractivity contribution < 1.29 is 9.53 Å². The highest BCUT2D eigenvalue weighted by atomic mass is 16.5. The summed E-state index contributed by atoms with van der Waals surface area (Å²) in [5, 5.41) is 0. The van der Waals surface area contributed by atoms with Crippen molar-refractivity contribution in [3.05, 3.63) is 24.0 Å². The Balaban J connectivity index is 2.18. The molecule has 1 atom stereocenters. The zero-order chi connectivity index (χ0) is 12.3. The van der Waals surface area contributed by atoms with Gasteiger partial charge in [0.25, 0.3) is 5.91 Å². The van der Waals surface area contributed by atoms with Crippen LogP contribution in [0, 0.1) is 0 Å². The van der Waals surface area contributed by atoms with Gasteiger partial charge in [-0.3, -0.25) is 9.78 Å². The van der Waals surface area contributed by atoms with E-state index in [1.165, 1.54) is 7.11 Å². The Morgan fingerprint density at radius 1 is 1.65 bits per heavy atom. The Morgan fingerprint density at radius 3 is 3.18 bits per heavy atom. The van der Waals surface area contributed by atoms with Gasteiger partial charge in [0.1, 0.15) is 5.75 Å². The summed E-state index contributed by atoms with van der Waals surface area (Å²) in [6.45, 7) is 1.38. The van der Waals surface area contributed by atoms with Crippen LogP contribution >= 0.6 is 0 Å². The second-order valence-electron chi connectivity index (χ2n) is 4.23. The molecule has 5 nitrogen and oxygen atoms in total. The zero-order valence-corrected chi connectivity index (χ0v) is 9.93. The summed E-state index contributed by atoms with van der Waals surface area (Å²) in [5.41, 5.74) is 6.43. The van der Waals surface area contributed by atoms with E-state index in [2.05, 4.69) is 4.98 Å². The molecule has 1 saturated heterocycles. The minimum absolute atomic E-state index is 0.0283.